The van der Waals surface area contributed by atoms with Crippen LogP contribution in [-0.4, -0.2) is 53.0 Å². The van der Waals surface area contributed by atoms with E-state index in [0.717, 1.165) is 68.3 Å². The van der Waals surface area contributed by atoms with Crippen LogP contribution in [0.4, 0.5) is 0 Å². The lowest BCUT2D eigenvalue weighted by atomic mass is 10.1. The van der Waals surface area contributed by atoms with Crippen LogP contribution in [0.3, 0.4) is 0 Å². The summed E-state index contributed by atoms with van der Waals surface area (Å²) in [5.74, 6) is 0.943. The SMILES string of the molecule is O=C(c1ccc(OC2C=CCCC2)cc1)N1CCCN(Cc2nccs2)CC1. The van der Waals surface area contributed by atoms with Gasteiger partial charge in [0.05, 0.1) is 6.54 Å². The Balaban J connectivity index is 1.32. The van der Waals surface area contributed by atoms with Crippen molar-refractivity contribution in [2.24, 2.45) is 0 Å². The van der Waals surface area contributed by atoms with Crippen LogP contribution >= 0.6 is 11.3 Å². The third-order valence-electron chi connectivity index (χ3n) is 5.32. The molecule has 1 aromatic heterocycles. The van der Waals surface area contributed by atoms with Gasteiger partial charge in [-0.2, -0.15) is 0 Å². The Morgan fingerprint density at radius 1 is 1.14 bits per heavy atom. The molecule has 1 atom stereocenters. The van der Waals surface area contributed by atoms with E-state index in [2.05, 4.69) is 22.0 Å². The highest BCUT2D eigenvalue weighted by Gasteiger charge is 2.21. The van der Waals surface area contributed by atoms with Gasteiger partial charge >= 0.3 is 0 Å². The van der Waals surface area contributed by atoms with Crippen LogP contribution in [0.15, 0.2) is 48.0 Å². The number of allylic oxidation sites excluding steroid dienone is 1. The summed E-state index contributed by atoms with van der Waals surface area (Å²) in [6, 6.07) is 7.62. The van der Waals surface area contributed by atoms with Crippen molar-refractivity contribution in [2.75, 3.05) is 26.2 Å². The second-order valence-electron chi connectivity index (χ2n) is 7.39. The number of thiazole rings is 1. The summed E-state index contributed by atoms with van der Waals surface area (Å²) in [5, 5.41) is 3.16. The predicted octanol–water partition coefficient (Wildman–Crippen LogP) is 3.98. The Kier molecular flexibility index (Phi) is 6.39. The summed E-state index contributed by atoms with van der Waals surface area (Å²) < 4.78 is 6.00. The van der Waals surface area contributed by atoms with Crippen molar-refractivity contribution in [1.29, 1.82) is 0 Å². The lowest BCUT2D eigenvalue weighted by Crippen LogP contribution is -2.35. The number of hydrogen-bond acceptors (Lipinski definition) is 5. The lowest BCUT2D eigenvalue weighted by Gasteiger charge is -2.22. The van der Waals surface area contributed by atoms with Gasteiger partial charge in [-0.3, -0.25) is 9.69 Å². The Hall–Kier alpha value is -2.18. The Bertz CT molecular complexity index is 789. The fourth-order valence-corrected chi connectivity index (χ4v) is 4.42. The Labute approximate surface area is 170 Å². The van der Waals surface area contributed by atoms with Gasteiger partial charge in [0.25, 0.3) is 5.91 Å². The molecule has 148 valence electrons. The average Bonchev–Trinajstić information content (AvgIpc) is 3.13. The molecule has 0 N–H and O–H groups in total. The maximum Gasteiger partial charge on any atom is 0.253 e. The highest BCUT2D eigenvalue weighted by Crippen LogP contribution is 2.20. The first-order valence-electron chi connectivity index (χ1n) is 10.1. The summed E-state index contributed by atoms with van der Waals surface area (Å²) in [5.41, 5.74) is 0.736. The predicted molar refractivity (Wildman–Crippen MR) is 112 cm³/mol. The molecule has 1 aliphatic carbocycles. The van der Waals surface area contributed by atoms with Crippen molar-refractivity contribution in [3.05, 3.63) is 58.6 Å². The summed E-state index contributed by atoms with van der Waals surface area (Å²) in [6.45, 7) is 4.33. The van der Waals surface area contributed by atoms with Gasteiger partial charge in [0.2, 0.25) is 0 Å². The zero-order valence-corrected chi connectivity index (χ0v) is 16.9. The highest BCUT2D eigenvalue weighted by molar-refractivity contribution is 7.09. The number of hydrogen-bond donors (Lipinski definition) is 0. The normalized spacial score (nSPS) is 20.7. The second-order valence-corrected chi connectivity index (χ2v) is 8.37. The third kappa shape index (κ3) is 5.00. The molecule has 2 aliphatic rings. The molecule has 0 radical (unpaired) electrons. The topological polar surface area (TPSA) is 45.7 Å². The minimum Gasteiger partial charge on any atom is -0.486 e. The van der Waals surface area contributed by atoms with Crippen LogP contribution in [0.5, 0.6) is 5.75 Å². The van der Waals surface area contributed by atoms with Crippen LogP contribution < -0.4 is 4.74 Å². The summed E-state index contributed by atoms with van der Waals surface area (Å²) in [4.78, 5) is 21.7. The van der Waals surface area contributed by atoms with E-state index in [1.165, 1.54) is 6.42 Å². The summed E-state index contributed by atoms with van der Waals surface area (Å²) >= 11 is 1.69. The second kappa shape index (κ2) is 9.34. The molecule has 0 spiro atoms. The van der Waals surface area contributed by atoms with E-state index in [4.69, 9.17) is 4.74 Å². The zero-order valence-electron chi connectivity index (χ0n) is 16.1. The summed E-state index contributed by atoms with van der Waals surface area (Å²) in [7, 11) is 0. The number of carbonyl (C=O) groups is 1. The number of amides is 1. The molecule has 0 saturated carbocycles. The van der Waals surface area contributed by atoms with Gasteiger partial charge in [-0.15, -0.1) is 11.3 Å². The molecule has 0 bridgehead atoms. The largest absolute Gasteiger partial charge is 0.486 e. The molecule has 2 aromatic rings. The van der Waals surface area contributed by atoms with Gasteiger partial charge in [-0.05, 0) is 56.0 Å². The monoisotopic (exact) mass is 397 g/mol. The molecule has 1 aliphatic heterocycles. The molecular weight excluding hydrogens is 370 g/mol. The van der Waals surface area contributed by atoms with Gasteiger partial charge in [0.15, 0.2) is 0 Å². The fourth-order valence-electron chi connectivity index (χ4n) is 3.77. The number of ether oxygens (including phenoxy) is 1. The van der Waals surface area contributed by atoms with Gasteiger partial charge in [0, 0.05) is 43.3 Å². The van der Waals surface area contributed by atoms with E-state index < -0.39 is 0 Å². The molecule has 5 nitrogen and oxygen atoms in total. The van der Waals surface area contributed by atoms with Crippen molar-refractivity contribution in [2.45, 2.75) is 38.3 Å². The molecule has 4 rings (SSSR count). The van der Waals surface area contributed by atoms with Gasteiger partial charge in [0.1, 0.15) is 16.9 Å². The van der Waals surface area contributed by atoms with E-state index in [1.807, 2.05) is 40.7 Å². The van der Waals surface area contributed by atoms with Crippen molar-refractivity contribution >= 4 is 17.2 Å². The number of benzene rings is 1. The molecular formula is C22H27N3O2S. The molecule has 6 heteroatoms. The molecule has 1 amide bonds. The van der Waals surface area contributed by atoms with E-state index >= 15 is 0 Å². The van der Waals surface area contributed by atoms with Crippen molar-refractivity contribution < 1.29 is 9.53 Å². The van der Waals surface area contributed by atoms with Gasteiger partial charge in [-0.25, -0.2) is 4.98 Å². The first kappa shape index (κ1) is 19.2. The zero-order chi connectivity index (χ0) is 19.2. The van der Waals surface area contributed by atoms with E-state index in [1.54, 1.807) is 11.3 Å². The number of rotatable bonds is 5. The minimum atomic E-state index is 0.111. The van der Waals surface area contributed by atoms with E-state index in [-0.39, 0.29) is 12.0 Å². The van der Waals surface area contributed by atoms with Crippen LogP contribution in [0.1, 0.15) is 41.0 Å². The maximum absolute atomic E-state index is 12.9. The fraction of sp³-hybridized carbons (Fsp3) is 0.455. The minimum absolute atomic E-state index is 0.111. The lowest BCUT2D eigenvalue weighted by molar-refractivity contribution is 0.0761. The maximum atomic E-state index is 12.9. The standard InChI is InChI=1S/C22H27N3O2S/c26-22(18-7-9-20(10-8-18)27-19-5-2-1-3-6-19)25-13-4-12-24(14-15-25)17-21-23-11-16-28-21/h2,5,7-11,16,19H,1,3-4,6,12-15,17H2. The Morgan fingerprint density at radius 3 is 2.79 bits per heavy atom. The van der Waals surface area contributed by atoms with Crippen molar-refractivity contribution in [3.8, 4) is 5.75 Å². The molecule has 2 heterocycles. The van der Waals surface area contributed by atoms with Crippen molar-refractivity contribution in [3.63, 3.8) is 0 Å². The molecule has 1 saturated heterocycles. The van der Waals surface area contributed by atoms with Crippen LogP contribution in [0.25, 0.3) is 0 Å². The molecule has 1 unspecified atom stereocenters. The Morgan fingerprint density at radius 2 is 2.04 bits per heavy atom. The van der Waals surface area contributed by atoms with Crippen molar-refractivity contribution in [1.82, 2.24) is 14.8 Å². The van der Waals surface area contributed by atoms with Gasteiger partial charge in [-0.1, -0.05) is 6.08 Å². The summed E-state index contributed by atoms with van der Waals surface area (Å²) in [6.07, 6.45) is 10.7. The van der Waals surface area contributed by atoms with E-state index in [9.17, 15) is 4.79 Å². The molecule has 1 fully saturated rings. The number of nitrogens with zero attached hydrogens (tertiary/aromatic N) is 3. The van der Waals surface area contributed by atoms with Gasteiger partial charge < -0.3 is 9.64 Å². The first-order chi connectivity index (χ1) is 13.8. The number of aromatic nitrogens is 1. The average molecular weight is 398 g/mol. The molecule has 1 aromatic carbocycles. The molecule has 28 heavy (non-hydrogen) atoms. The van der Waals surface area contributed by atoms with Crippen LogP contribution in [0, 0.1) is 0 Å². The number of carbonyl (C=O) groups excluding carboxylic acids is 1. The quantitative estimate of drug-likeness (QED) is 0.716. The smallest absolute Gasteiger partial charge is 0.253 e. The van der Waals surface area contributed by atoms with Crippen LogP contribution in [-0.2, 0) is 6.54 Å². The van der Waals surface area contributed by atoms with E-state index in [0.29, 0.717) is 0 Å². The highest BCUT2D eigenvalue weighted by atomic mass is 32.1. The third-order valence-corrected chi connectivity index (χ3v) is 6.08. The van der Waals surface area contributed by atoms with Crippen LogP contribution in [0.2, 0.25) is 0 Å². The first-order valence-corrected chi connectivity index (χ1v) is 11.0.